The number of azo groups is 1. The number of nitrogens with two attached hydrogens (primary N) is 1. The van der Waals surface area contributed by atoms with Gasteiger partial charge in [0.15, 0.2) is 10.6 Å². The number of ether oxygens (including phenoxy) is 1. The summed E-state index contributed by atoms with van der Waals surface area (Å²) in [4.78, 5) is 18.5. The van der Waals surface area contributed by atoms with Gasteiger partial charge in [-0.1, -0.05) is 12.1 Å². The lowest BCUT2D eigenvalue weighted by Gasteiger charge is -2.12. The number of imidazole rings is 1. The number of anilines is 1. The molecule has 1 aliphatic rings. The van der Waals surface area contributed by atoms with E-state index in [1.165, 1.54) is 11.3 Å². The predicted molar refractivity (Wildman–Crippen MR) is 128 cm³/mol. The van der Waals surface area contributed by atoms with Crippen LogP contribution in [0.25, 0.3) is 16.7 Å². The van der Waals surface area contributed by atoms with Gasteiger partial charge in [0.05, 0.1) is 17.6 Å². The van der Waals surface area contributed by atoms with E-state index in [-0.39, 0.29) is 5.97 Å². The minimum atomic E-state index is -0.371. The summed E-state index contributed by atoms with van der Waals surface area (Å²) in [7, 11) is 0. The largest absolute Gasteiger partial charge is 0.462 e. The SMILES string of the molecule is CCOC(=O)c1c(N=Nc2c(C)c(C#N)c3nc4ccccc4n3c2N)sc2c1CCCC2. The fraction of sp³-hybridized carbons (Fsp3) is 0.292. The highest BCUT2D eigenvalue weighted by molar-refractivity contribution is 7.16. The molecule has 5 rings (SSSR count). The summed E-state index contributed by atoms with van der Waals surface area (Å²) in [5, 5.41) is 19.3. The zero-order valence-corrected chi connectivity index (χ0v) is 19.2. The number of carbonyl (C=O) groups excluding carboxylic acids is 1. The van der Waals surface area contributed by atoms with E-state index in [1.807, 2.05) is 24.3 Å². The van der Waals surface area contributed by atoms with Crippen LogP contribution in [0.1, 0.15) is 51.7 Å². The molecule has 3 heterocycles. The summed E-state index contributed by atoms with van der Waals surface area (Å²) in [6.45, 7) is 3.87. The third-order valence-electron chi connectivity index (χ3n) is 5.98. The second-order valence-electron chi connectivity index (χ2n) is 7.92. The van der Waals surface area contributed by atoms with Crippen LogP contribution >= 0.6 is 11.3 Å². The molecular formula is C24H22N6O2S. The van der Waals surface area contributed by atoms with Crippen LogP contribution in [-0.2, 0) is 17.6 Å². The smallest absolute Gasteiger partial charge is 0.341 e. The first-order valence-electron chi connectivity index (χ1n) is 10.9. The van der Waals surface area contributed by atoms with E-state index in [9.17, 15) is 10.1 Å². The maximum Gasteiger partial charge on any atom is 0.341 e. The third kappa shape index (κ3) is 3.34. The van der Waals surface area contributed by atoms with E-state index >= 15 is 0 Å². The summed E-state index contributed by atoms with van der Waals surface area (Å²) in [5.74, 6) is -0.0257. The number of esters is 1. The maximum atomic E-state index is 12.7. The van der Waals surface area contributed by atoms with Crippen LogP contribution in [0, 0.1) is 18.3 Å². The van der Waals surface area contributed by atoms with E-state index in [0.717, 1.165) is 47.2 Å². The minimum absolute atomic E-state index is 0.294. The number of pyridine rings is 1. The molecule has 3 aromatic heterocycles. The number of hydrogen-bond donors (Lipinski definition) is 1. The minimum Gasteiger partial charge on any atom is -0.462 e. The maximum absolute atomic E-state index is 12.7. The fourth-order valence-electron chi connectivity index (χ4n) is 4.41. The lowest BCUT2D eigenvalue weighted by molar-refractivity contribution is 0.0526. The van der Waals surface area contributed by atoms with Gasteiger partial charge in [0.1, 0.15) is 28.7 Å². The Hall–Kier alpha value is -3.77. The summed E-state index contributed by atoms with van der Waals surface area (Å²) < 4.78 is 7.05. The lowest BCUT2D eigenvalue weighted by atomic mass is 9.95. The highest BCUT2D eigenvalue weighted by Gasteiger charge is 2.27. The first-order valence-corrected chi connectivity index (χ1v) is 11.7. The Bertz CT molecular complexity index is 1490. The Labute approximate surface area is 194 Å². The number of para-hydroxylation sites is 2. The van der Waals surface area contributed by atoms with Crippen LogP contribution in [0.2, 0.25) is 0 Å². The van der Waals surface area contributed by atoms with E-state index in [0.29, 0.717) is 45.5 Å². The molecule has 0 spiro atoms. The molecule has 0 amide bonds. The molecule has 1 aliphatic carbocycles. The second kappa shape index (κ2) is 8.30. The molecule has 8 nitrogen and oxygen atoms in total. The Morgan fingerprint density at radius 3 is 2.88 bits per heavy atom. The van der Waals surface area contributed by atoms with E-state index < -0.39 is 0 Å². The molecule has 0 fully saturated rings. The van der Waals surface area contributed by atoms with Crippen molar-refractivity contribution < 1.29 is 9.53 Å². The molecule has 0 aliphatic heterocycles. The monoisotopic (exact) mass is 458 g/mol. The van der Waals surface area contributed by atoms with Crippen molar-refractivity contribution in [2.45, 2.75) is 39.5 Å². The van der Waals surface area contributed by atoms with Gasteiger partial charge in [-0.2, -0.15) is 5.26 Å². The number of benzene rings is 1. The summed E-state index contributed by atoms with van der Waals surface area (Å²) >= 11 is 1.48. The first-order chi connectivity index (χ1) is 16.0. The van der Waals surface area contributed by atoms with Gasteiger partial charge >= 0.3 is 5.97 Å². The molecule has 1 aromatic carbocycles. The second-order valence-corrected chi connectivity index (χ2v) is 9.00. The fourth-order valence-corrected chi connectivity index (χ4v) is 5.61. The summed E-state index contributed by atoms with van der Waals surface area (Å²) in [6, 6.07) is 9.80. The van der Waals surface area contributed by atoms with Gasteiger partial charge in [0.2, 0.25) is 0 Å². The highest BCUT2D eigenvalue weighted by atomic mass is 32.1. The summed E-state index contributed by atoms with van der Waals surface area (Å²) in [5.41, 5.74) is 11.5. The molecule has 4 aromatic rings. The molecule has 166 valence electrons. The van der Waals surface area contributed by atoms with Crippen molar-refractivity contribution in [3.8, 4) is 6.07 Å². The normalized spacial score (nSPS) is 13.5. The van der Waals surface area contributed by atoms with E-state index in [1.54, 1.807) is 18.2 Å². The van der Waals surface area contributed by atoms with E-state index in [2.05, 4.69) is 21.3 Å². The first kappa shape index (κ1) is 21.1. The van der Waals surface area contributed by atoms with Crippen molar-refractivity contribution in [2.24, 2.45) is 10.2 Å². The molecule has 0 saturated heterocycles. The molecule has 0 radical (unpaired) electrons. The third-order valence-corrected chi connectivity index (χ3v) is 7.16. The molecule has 0 atom stereocenters. The van der Waals surface area contributed by atoms with E-state index in [4.69, 9.17) is 10.5 Å². The van der Waals surface area contributed by atoms with Crippen molar-refractivity contribution in [3.63, 3.8) is 0 Å². The van der Waals surface area contributed by atoms with Crippen molar-refractivity contribution in [1.82, 2.24) is 9.38 Å². The van der Waals surface area contributed by atoms with Crippen LogP contribution in [0.15, 0.2) is 34.5 Å². The van der Waals surface area contributed by atoms with Gasteiger partial charge in [-0.3, -0.25) is 4.40 Å². The number of thiophene rings is 1. The van der Waals surface area contributed by atoms with Crippen molar-refractivity contribution in [1.29, 1.82) is 5.26 Å². The number of aryl methyl sites for hydroxylation is 1. The number of nitriles is 1. The Morgan fingerprint density at radius 1 is 1.30 bits per heavy atom. The van der Waals surface area contributed by atoms with Crippen molar-refractivity contribution >= 4 is 50.5 Å². The Morgan fingerprint density at radius 2 is 2.09 bits per heavy atom. The van der Waals surface area contributed by atoms with Crippen LogP contribution in [0.3, 0.4) is 0 Å². The van der Waals surface area contributed by atoms with Gasteiger partial charge in [-0.15, -0.1) is 21.6 Å². The van der Waals surface area contributed by atoms with Crippen molar-refractivity contribution in [3.05, 3.63) is 51.4 Å². The van der Waals surface area contributed by atoms with Crippen molar-refractivity contribution in [2.75, 3.05) is 12.3 Å². The number of carbonyl (C=O) groups is 1. The zero-order chi connectivity index (χ0) is 23.1. The standard InChI is InChI=1S/C24H22N6O2S/c1-3-32-24(31)19-14-8-4-7-11-18(14)33-23(19)29-28-20-13(2)15(12-25)22-27-16-9-5-6-10-17(16)30(22)21(20)26/h5-6,9-10H,3-4,7-8,11,26H2,1-2H3. The summed E-state index contributed by atoms with van der Waals surface area (Å²) in [6.07, 6.45) is 3.89. The molecule has 2 N–H and O–H groups in total. The Balaban J connectivity index is 1.70. The van der Waals surface area contributed by atoms with Gasteiger partial charge in [0.25, 0.3) is 0 Å². The molecule has 33 heavy (non-hydrogen) atoms. The zero-order valence-electron chi connectivity index (χ0n) is 18.4. The Kier molecular flexibility index (Phi) is 5.30. The molecule has 0 saturated carbocycles. The van der Waals surface area contributed by atoms with Crippen LogP contribution in [0.4, 0.5) is 16.5 Å². The molecule has 0 bridgehead atoms. The van der Waals surface area contributed by atoms with Gasteiger partial charge in [-0.25, -0.2) is 9.78 Å². The molecular weight excluding hydrogens is 436 g/mol. The number of nitrogen functional groups attached to an aromatic ring is 1. The lowest BCUT2D eigenvalue weighted by Crippen LogP contribution is -2.09. The van der Waals surface area contributed by atoms with Crippen LogP contribution in [-0.4, -0.2) is 22.0 Å². The topological polar surface area (TPSA) is 118 Å². The average molecular weight is 459 g/mol. The number of hydrogen-bond acceptors (Lipinski definition) is 8. The quantitative estimate of drug-likeness (QED) is 0.307. The van der Waals surface area contributed by atoms with Gasteiger partial charge < -0.3 is 10.5 Å². The predicted octanol–water partition coefficient (Wildman–Crippen LogP) is 5.78. The number of rotatable bonds is 4. The number of nitrogens with zero attached hydrogens (tertiary/aromatic N) is 5. The molecule has 9 heteroatoms. The van der Waals surface area contributed by atoms with Gasteiger partial charge in [-0.05, 0) is 57.2 Å². The highest BCUT2D eigenvalue weighted by Crippen LogP contribution is 2.42. The van der Waals surface area contributed by atoms with Gasteiger partial charge in [0, 0.05) is 10.4 Å². The van der Waals surface area contributed by atoms with Crippen LogP contribution < -0.4 is 5.73 Å². The molecule has 0 unspecified atom stereocenters. The number of fused-ring (bicyclic) bond motifs is 4. The average Bonchev–Trinajstić information content (AvgIpc) is 3.38. The van der Waals surface area contributed by atoms with Crippen LogP contribution in [0.5, 0.6) is 0 Å². The number of aromatic nitrogens is 2.